The minimum absolute atomic E-state index is 0.0609. The third-order valence-corrected chi connectivity index (χ3v) is 7.98. The number of rotatable bonds is 5. The Kier molecular flexibility index (Phi) is 6.10. The van der Waals surface area contributed by atoms with Crippen LogP contribution in [0.3, 0.4) is 0 Å². The molecule has 0 aromatic carbocycles. The van der Waals surface area contributed by atoms with Crippen LogP contribution < -0.4 is 21.7 Å². The largest absolute Gasteiger partial charge is 0.397 e. The van der Waals surface area contributed by atoms with E-state index in [-0.39, 0.29) is 34.5 Å². The van der Waals surface area contributed by atoms with Crippen molar-refractivity contribution in [2.75, 3.05) is 37.4 Å². The number of alkyl halides is 2. The maximum Gasteiger partial charge on any atom is 0.294 e. The molecule has 35 heavy (non-hydrogen) atoms. The molecule has 1 fully saturated rings. The smallest absolute Gasteiger partial charge is 0.294 e. The van der Waals surface area contributed by atoms with E-state index in [0.29, 0.717) is 47.8 Å². The van der Waals surface area contributed by atoms with E-state index in [1.807, 2.05) is 11.8 Å². The maximum absolute atomic E-state index is 15.5. The molecule has 4 heterocycles. The molecule has 5 N–H and O–H groups in total. The highest BCUT2D eigenvalue weighted by Gasteiger charge is 2.47. The number of methoxy groups -OCH3 is 1. The van der Waals surface area contributed by atoms with Crippen molar-refractivity contribution in [2.45, 2.75) is 37.8 Å². The Morgan fingerprint density at radius 2 is 2.09 bits per heavy atom. The van der Waals surface area contributed by atoms with Crippen molar-refractivity contribution < 1.29 is 18.3 Å². The van der Waals surface area contributed by atoms with Gasteiger partial charge in [0.1, 0.15) is 15.5 Å². The minimum atomic E-state index is -3.27. The van der Waals surface area contributed by atoms with Gasteiger partial charge in [-0.3, -0.25) is 4.79 Å². The number of pyridine rings is 2. The number of hydrogen-bond acceptors (Lipinski definition) is 8. The SMILES string of the molecule is COCC1CN(c2ccc3c(n2)CCC(NC(=O)c2sc4nc(C)ccc4c2N)C3(F)F)CC1N. The number of carbonyl (C=O) groups excluding carboxylic acids is 1. The summed E-state index contributed by atoms with van der Waals surface area (Å²) in [6.45, 7) is 3.65. The van der Waals surface area contributed by atoms with Crippen LogP contribution in [0.4, 0.5) is 20.3 Å². The highest BCUT2D eigenvalue weighted by Crippen LogP contribution is 2.41. The fraction of sp³-hybridized carbons (Fsp3) is 0.458. The lowest BCUT2D eigenvalue weighted by Gasteiger charge is -2.33. The molecule has 1 amide bonds. The van der Waals surface area contributed by atoms with Crippen molar-refractivity contribution >= 4 is 39.0 Å². The van der Waals surface area contributed by atoms with Crippen molar-refractivity contribution in [3.8, 4) is 0 Å². The number of hydrogen-bond donors (Lipinski definition) is 3. The van der Waals surface area contributed by atoms with Gasteiger partial charge in [0.05, 0.1) is 24.0 Å². The van der Waals surface area contributed by atoms with E-state index in [1.54, 1.807) is 25.3 Å². The quantitative estimate of drug-likeness (QED) is 0.491. The summed E-state index contributed by atoms with van der Waals surface area (Å²) in [5.41, 5.74) is 13.6. The number of nitrogen functional groups attached to an aromatic ring is 1. The zero-order valence-corrected chi connectivity index (χ0v) is 20.4. The van der Waals surface area contributed by atoms with Gasteiger partial charge in [-0.1, -0.05) is 0 Å². The molecule has 3 atom stereocenters. The molecular weight excluding hydrogens is 474 g/mol. The van der Waals surface area contributed by atoms with Crippen LogP contribution in [0, 0.1) is 12.8 Å². The van der Waals surface area contributed by atoms with Gasteiger partial charge in [0, 0.05) is 48.8 Å². The number of aromatic nitrogens is 2. The number of nitrogens with two attached hydrogens (primary N) is 2. The molecule has 1 aliphatic heterocycles. The fourth-order valence-electron chi connectivity index (χ4n) is 4.93. The van der Waals surface area contributed by atoms with E-state index in [2.05, 4.69) is 15.3 Å². The van der Waals surface area contributed by atoms with Crippen molar-refractivity contribution in [1.82, 2.24) is 15.3 Å². The number of nitrogens with zero attached hydrogens (tertiary/aromatic N) is 3. The number of fused-ring (bicyclic) bond motifs is 2. The third kappa shape index (κ3) is 4.21. The van der Waals surface area contributed by atoms with Crippen molar-refractivity contribution in [1.29, 1.82) is 0 Å². The Labute approximate surface area is 205 Å². The number of thiophene rings is 1. The Morgan fingerprint density at radius 1 is 1.29 bits per heavy atom. The number of carbonyl (C=O) groups is 1. The first-order valence-corrected chi connectivity index (χ1v) is 12.3. The normalized spacial score (nSPS) is 23.5. The average Bonchev–Trinajstić information content (AvgIpc) is 3.35. The van der Waals surface area contributed by atoms with Crippen molar-refractivity contribution in [3.63, 3.8) is 0 Å². The summed E-state index contributed by atoms with van der Waals surface area (Å²) in [4.78, 5) is 24.7. The van der Waals surface area contributed by atoms with Crippen LogP contribution in [0.25, 0.3) is 10.2 Å². The first-order chi connectivity index (χ1) is 16.7. The van der Waals surface area contributed by atoms with Crippen LogP contribution in [-0.4, -0.2) is 54.8 Å². The van der Waals surface area contributed by atoms with Gasteiger partial charge in [-0.15, -0.1) is 11.3 Å². The summed E-state index contributed by atoms with van der Waals surface area (Å²) >= 11 is 1.11. The highest BCUT2D eigenvalue weighted by molar-refractivity contribution is 7.21. The molecule has 0 saturated carbocycles. The highest BCUT2D eigenvalue weighted by atomic mass is 32.1. The molecule has 1 aliphatic carbocycles. The number of amides is 1. The Balaban J connectivity index is 1.35. The molecule has 186 valence electrons. The topological polar surface area (TPSA) is 119 Å². The van der Waals surface area contributed by atoms with E-state index < -0.39 is 17.9 Å². The van der Waals surface area contributed by atoms with Gasteiger partial charge in [-0.05, 0) is 44.0 Å². The average molecular weight is 503 g/mol. The van der Waals surface area contributed by atoms with Crippen LogP contribution in [0.5, 0.6) is 0 Å². The zero-order valence-electron chi connectivity index (χ0n) is 19.6. The van der Waals surface area contributed by atoms with Crippen LogP contribution in [0.15, 0.2) is 24.3 Å². The summed E-state index contributed by atoms with van der Waals surface area (Å²) in [5.74, 6) is -3.08. The Morgan fingerprint density at radius 3 is 2.86 bits per heavy atom. The zero-order chi connectivity index (χ0) is 24.9. The molecule has 0 spiro atoms. The summed E-state index contributed by atoms with van der Waals surface area (Å²) in [5, 5.41) is 3.17. The van der Waals surface area contributed by atoms with Gasteiger partial charge in [0.15, 0.2) is 0 Å². The van der Waals surface area contributed by atoms with Crippen LogP contribution in [-0.2, 0) is 17.1 Å². The molecule has 3 unspecified atom stereocenters. The first-order valence-electron chi connectivity index (χ1n) is 11.5. The van der Waals surface area contributed by atoms with Gasteiger partial charge in [-0.25, -0.2) is 9.97 Å². The first kappa shape index (κ1) is 23.8. The number of aryl methyl sites for hydroxylation is 2. The molecule has 5 rings (SSSR count). The number of ether oxygens (including phenoxy) is 1. The fourth-order valence-corrected chi connectivity index (χ4v) is 5.97. The van der Waals surface area contributed by atoms with Gasteiger partial charge < -0.3 is 26.4 Å². The van der Waals surface area contributed by atoms with Crippen LogP contribution in [0.2, 0.25) is 0 Å². The van der Waals surface area contributed by atoms with E-state index >= 15 is 8.78 Å². The predicted molar refractivity (Wildman–Crippen MR) is 132 cm³/mol. The van der Waals surface area contributed by atoms with Crippen LogP contribution >= 0.6 is 11.3 Å². The Bertz CT molecular complexity index is 1280. The second-order valence-electron chi connectivity index (χ2n) is 9.29. The lowest BCUT2D eigenvalue weighted by molar-refractivity contribution is -0.0509. The van der Waals surface area contributed by atoms with E-state index in [4.69, 9.17) is 16.2 Å². The van der Waals surface area contributed by atoms with Gasteiger partial charge >= 0.3 is 0 Å². The van der Waals surface area contributed by atoms with Gasteiger partial charge in [-0.2, -0.15) is 8.78 Å². The third-order valence-electron chi connectivity index (χ3n) is 6.87. The second kappa shape index (κ2) is 8.96. The molecule has 1 saturated heterocycles. The number of halogens is 2. The summed E-state index contributed by atoms with van der Waals surface area (Å²) in [6, 6.07) is 5.20. The predicted octanol–water partition coefficient (Wildman–Crippen LogP) is 2.83. The van der Waals surface area contributed by atoms with E-state index in [0.717, 1.165) is 17.0 Å². The Hall–Kier alpha value is -2.89. The lowest BCUT2D eigenvalue weighted by atomic mass is 9.88. The second-order valence-corrected chi connectivity index (χ2v) is 10.3. The molecule has 2 aliphatic rings. The van der Waals surface area contributed by atoms with E-state index in [9.17, 15) is 4.79 Å². The van der Waals surface area contributed by atoms with Gasteiger partial charge in [0.2, 0.25) is 0 Å². The maximum atomic E-state index is 15.5. The monoisotopic (exact) mass is 502 g/mol. The molecule has 8 nitrogen and oxygen atoms in total. The molecule has 11 heteroatoms. The summed E-state index contributed by atoms with van der Waals surface area (Å²) < 4.78 is 36.2. The summed E-state index contributed by atoms with van der Waals surface area (Å²) in [7, 11) is 1.64. The van der Waals surface area contributed by atoms with Crippen molar-refractivity contribution in [2.24, 2.45) is 11.7 Å². The standard InChI is InChI=1S/C24H28F2N6O2S/c1-12-3-4-14-20(28)21(35-23(14)29-12)22(33)31-18-7-6-17-15(24(18,25)26)5-8-19(30-17)32-9-13(11-34-2)16(27)10-32/h3-5,8,13,16,18H,6-7,9-11,27-28H2,1-2H3,(H,31,33). The molecule has 0 radical (unpaired) electrons. The molecule has 3 aromatic heterocycles. The summed E-state index contributed by atoms with van der Waals surface area (Å²) in [6.07, 6.45) is 0.393. The van der Waals surface area contributed by atoms with E-state index in [1.165, 1.54) is 6.07 Å². The molecule has 0 bridgehead atoms. The number of anilines is 2. The number of nitrogens with one attached hydrogen (secondary N) is 1. The van der Waals surface area contributed by atoms with Crippen molar-refractivity contribution in [3.05, 3.63) is 46.1 Å². The lowest BCUT2D eigenvalue weighted by Crippen LogP contribution is -2.49. The minimum Gasteiger partial charge on any atom is -0.397 e. The molecular formula is C24H28F2N6O2S. The van der Waals surface area contributed by atoms with Gasteiger partial charge in [0.25, 0.3) is 11.8 Å². The molecule has 3 aromatic rings. The van der Waals surface area contributed by atoms with Crippen LogP contribution in [0.1, 0.15) is 33.0 Å².